The SMILES string of the molecule is CCc1c(C)c(C(F)(F)F)c(C)n(C)c1=O. The van der Waals surface area contributed by atoms with Gasteiger partial charge in [0, 0.05) is 18.3 Å². The number of nitrogens with zero attached hydrogens (tertiary/aromatic N) is 1. The topological polar surface area (TPSA) is 22.0 Å². The van der Waals surface area contributed by atoms with Crippen LogP contribution in [0.15, 0.2) is 4.79 Å². The molecule has 0 fully saturated rings. The van der Waals surface area contributed by atoms with Crippen molar-refractivity contribution < 1.29 is 13.2 Å². The van der Waals surface area contributed by atoms with Crippen LogP contribution in [0.3, 0.4) is 0 Å². The Hall–Kier alpha value is -1.26. The van der Waals surface area contributed by atoms with Crippen LogP contribution in [0, 0.1) is 13.8 Å². The highest BCUT2D eigenvalue weighted by Gasteiger charge is 2.36. The van der Waals surface area contributed by atoms with Crippen molar-refractivity contribution in [3.8, 4) is 0 Å². The fraction of sp³-hybridized carbons (Fsp3) is 0.545. The van der Waals surface area contributed by atoms with E-state index in [1.807, 2.05) is 0 Å². The van der Waals surface area contributed by atoms with Gasteiger partial charge in [0.15, 0.2) is 0 Å². The van der Waals surface area contributed by atoms with Crippen molar-refractivity contribution in [2.75, 3.05) is 0 Å². The summed E-state index contributed by atoms with van der Waals surface area (Å²) in [5.74, 6) is 0. The Morgan fingerprint density at radius 2 is 1.75 bits per heavy atom. The van der Waals surface area contributed by atoms with Gasteiger partial charge in [-0.1, -0.05) is 6.92 Å². The number of aromatic nitrogens is 1. The van der Waals surface area contributed by atoms with Gasteiger partial charge in [0.2, 0.25) is 0 Å². The van der Waals surface area contributed by atoms with Crippen LogP contribution in [-0.2, 0) is 19.6 Å². The molecule has 0 aromatic carbocycles. The first-order valence-corrected chi connectivity index (χ1v) is 4.98. The van der Waals surface area contributed by atoms with Crippen molar-refractivity contribution in [1.29, 1.82) is 0 Å². The Bertz CT molecular complexity index is 472. The molecular weight excluding hydrogens is 219 g/mol. The molecule has 0 N–H and O–H groups in total. The van der Waals surface area contributed by atoms with Crippen LogP contribution in [0.5, 0.6) is 0 Å². The van der Waals surface area contributed by atoms with Crippen LogP contribution in [0.2, 0.25) is 0 Å². The number of rotatable bonds is 1. The summed E-state index contributed by atoms with van der Waals surface area (Å²) >= 11 is 0. The summed E-state index contributed by atoms with van der Waals surface area (Å²) in [6.07, 6.45) is -4.11. The smallest absolute Gasteiger partial charge is 0.315 e. The van der Waals surface area contributed by atoms with E-state index in [-0.39, 0.29) is 22.4 Å². The zero-order chi connectivity index (χ0) is 12.7. The van der Waals surface area contributed by atoms with E-state index in [4.69, 9.17) is 0 Å². The predicted molar refractivity (Wildman–Crippen MR) is 55.5 cm³/mol. The van der Waals surface area contributed by atoms with Gasteiger partial charge in [-0.05, 0) is 25.8 Å². The Labute approximate surface area is 91.7 Å². The molecule has 1 heterocycles. The van der Waals surface area contributed by atoms with E-state index in [1.54, 1.807) is 6.92 Å². The Balaban J connectivity index is 3.77. The number of halogens is 3. The molecule has 0 atom stereocenters. The van der Waals surface area contributed by atoms with Crippen LogP contribution < -0.4 is 5.56 Å². The number of pyridine rings is 1. The third-order valence-electron chi connectivity index (χ3n) is 2.89. The summed E-state index contributed by atoms with van der Waals surface area (Å²) in [6.45, 7) is 4.35. The van der Waals surface area contributed by atoms with Gasteiger partial charge in [0.25, 0.3) is 5.56 Å². The molecule has 0 aliphatic carbocycles. The van der Waals surface area contributed by atoms with E-state index >= 15 is 0 Å². The maximum atomic E-state index is 12.8. The molecule has 0 amide bonds. The normalized spacial score (nSPS) is 11.9. The van der Waals surface area contributed by atoms with Crippen molar-refractivity contribution in [3.63, 3.8) is 0 Å². The zero-order valence-electron chi connectivity index (χ0n) is 9.70. The summed E-state index contributed by atoms with van der Waals surface area (Å²) < 4.78 is 39.5. The van der Waals surface area contributed by atoms with Crippen molar-refractivity contribution in [2.24, 2.45) is 7.05 Å². The lowest BCUT2D eigenvalue weighted by Crippen LogP contribution is -2.28. The molecule has 0 saturated carbocycles. The first kappa shape index (κ1) is 12.8. The molecule has 0 unspecified atom stereocenters. The third kappa shape index (κ3) is 1.86. The summed E-state index contributed by atoms with van der Waals surface area (Å²) in [5.41, 5.74) is -0.778. The average Bonchev–Trinajstić information content (AvgIpc) is 2.13. The largest absolute Gasteiger partial charge is 0.418 e. The molecule has 5 heteroatoms. The van der Waals surface area contributed by atoms with Crippen LogP contribution >= 0.6 is 0 Å². The van der Waals surface area contributed by atoms with E-state index in [1.165, 1.54) is 20.9 Å². The molecule has 0 aliphatic rings. The molecule has 1 rings (SSSR count). The Morgan fingerprint density at radius 1 is 1.25 bits per heavy atom. The lowest BCUT2D eigenvalue weighted by molar-refractivity contribution is -0.139. The van der Waals surface area contributed by atoms with Crippen molar-refractivity contribution in [1.82, 2.24) is 4.57 Å². The summed E-state index contributed by atoms with van der Waals surface area (Å²) in [4.78, 5) is 11.7. The molecular formula is C11H14F3NO. The van der Waals surface area contributed by atoms with E-state index in [0.717, 1.165) is 4.57 Å². The van der Waals surface area contributed by atoms with Crippen LogP contribution in [0.25, 0.3) is 0 Å². The van der Waals surface area contributed by atoms with Crippen LogP contribution in [0.4, 0.5) is 13.2 Å². The maximum absolute atomic E-state index is 12.8. The first-order valence-electron chi connectivity index (χ1n) is 4.98. The minimum atomic E-state index is -4.41. The standard InChI is InChI=1S/C11H14F3NO/c1-5-8-6(2)9(11(12,13)14)7(3)15(4)10(8)16/h5H2,1-4H3. The summed E-state index contributed by atoms with van der Waals surface area (Å²) in [5, 5.41) is 0. The van der Waals surface area contributed by atoms with E-state index in [2.05, 4.69) is 0 Å². The summed E-state index contributed by atoms with van der Waals surface area (Å²) in [6, 6.07) is 0. The molecule has 0 radical (unpaired) electrons. The van der Waals surface area contributed by atoms with E-state index in [9.17, 15) is 18.0 Å². The maximum Gasteiger partial charge on any atom is 0.418 e. The minimum Gasteiger partial charge on any atom is -0.315 e. The third-order valence-corrected chi connectivity index (χ3v) is 2.89. The molecule has 2 nitrogen and oxygen atoms in total. The highest BCUT2D eigenvalue weighted by Crippen LogP contribution is 2.34. The zero-order valence-corrected chi connectivity index (χ0v) is 9.70. The lowest BCUT2D eigenvalue weighted by atomic mass is 10.00. The number of hydrogen-bond acceptors (Lipinski definition) is 1. The van der Waals surface area contributed by atoms with Crippen LogP contribution in [0.1, 0.15) is 29.3 Å². The van der Waals surface area contributed by atoms with Gasteiger partial charge in [0.05, 0.1) is 5.56 Å². The summed E-state index contributed by atoms with van der Waals surface area (Å²) in [7, 11) is 1.37. The Morgan fingerprint density at radius 3 is 2.12 bits per heavy atom. The quantitative estimate of drug-likeness (QED) is 0.730. The van der Waals surface area contributed by atoms with E-state index in [0.29, 0.717) is 6.42 Å². The molecule has 0 spiro atoms. The first-order chi connectivity index (χ1) is 7.21. The molecule has 90 valence electrons. The monoisotopic (exact) mass is 233 g/mol. The fourth-order valence-electron chi connectivity index (χ4n) is 1.94. The average molecular weight is 233 g/mol. The van der Waals surface area contributed by atoms with E-state index < -0.39 is 11.7 Å². The van der Waals surface area contributed by atoms with Gasteiger partial charge in [-0.3, -0.25) is 4.79 Å². The second-order valence-electron chi connectivity index (χ2n) is 3.78. The van der Waals surface area contributed by atoms with Gasteiger partial charge in [-0.25, -0.2) is 0 Å². The van der Waals surface area contributed by atoms with Gasteiger partial charge in [0.1, 0.15) is 0 Å². The minimum absolute atomic E-state index is 0.0350. The molecule has 0 saturated heterocycles. The van der Waals surface area contributed by atoms with Crippen molar-refractivity contribution in [2.45, 2.75) is 33.4 Å². The second-order valence-corrected chi connectivity index (χ2v) is 3.78. The number of alkyl halides is 3. The molecule has 0 aliphatic heterocycles. The highest BCUT2D eigenvalue weighted by atomic mass is 19.4. The van der Waals surface area contributed by atoms with Gasteiger partial charge >= 0.3 is 6.18 Å². The van der Waals surface area contributed by atoms with Crippen molar-refractivity contribution in [3.05, 3.63) is 32.7 Å². The molecule has 16 heavy (non-hydrogen) atoms. The molecule has 0 bridgehead atoms. The van der Waals surface area contributed by atoms with Crippen molar-refractivity contribution >= 4 is 0 Å². The van der Waals surface area contributed by atoms with Gasteiger partial charge < -0.3 is 4.57 Å². The van der Waals surface area contributed by atoms with Gasteiger partial charge in [-0.15, -0.1) is 0 Å². The lowest BCUT2D eigenvalue weighted by Gasteiger charge is -2.18. The van der Waals surface area contributed by atoms with Gasteiger partial charge in [-0.2, -0.15) is 13.2 Å². The Kier molecular flexibility index (Phi) is 3.17. The predicted octanol–water partition coefficient (Wildman–Crippen LogP) is 2.58. The number of hydrogen-bond donors (Lipinski definition) is 0. The fourth-order valence-corrected chi connectivity index (χ4v) is 1.94. The molecule has 1 aromatic rings. The molecule has 1 aromatic heterocycles. The van der Waals surface area contributed by atoms with Crippen LogP contribution in [-0.4, -0.2) is 4.57 Å². The highest BCUT2D eigenvalue weighted by molar-refractivity contribution is 5.38. The second kappa shape index (κ2) is 3.96.